The number of furan rings is 1. The minimum atomic E-state index is -0.371. The number of hydrogen-bond donors (Lipinski definition) is 1. The molecule has 0 atom stereocenters. The summed E-state index contributed by atoms with van der Waals surface area (Å²) in [4.78, 5) is 11.2. The Labute approximate surface area is 90.3 Å². The Bertz CT molecular complexity index is 724. The Kier molecular flexibility index (Phi) is 1.84. The van der Waals surface area contributed by atoms with Gasteiger partial charge in [0.1, 0.15) is 11.2 Å². The second-order valence-electron chi connectivity index (χ2n) is 3.57. The minimum absolute atomic E-state index is 0.371. The third-order valence-corrected chi connectivity index (χ3v) is 2.64. The molecule has 3 rings (SSSR count). The maximum atomic E-state index is 11.2. The largest absolute Gasteiger partial charge is 0.464 e. The highest BCUT2D eigenvalue weighted by molar-refractivity contribution is 6.03. The van der Waals surface area contributed by atoms with E-state index in [0.717, 1.165) is 16.3 Å². The summed E-state index contributed by atoms with van der Waals surface area (Å²) in [5.74, 6) is 0. The maximum Gasteiger partial charge on any atom is 0.336 e. The third-order valence-electron chi connectivity index (χ3n) is 2.64. The highest BCUT2D eigenvalue weighted by Crippen LogP contribution is 2.28. The van der Waals surface area contributed by atoms with E-state index in [1.165, 1.54) is 6.07 Å². The van der Waals surface area contributed by atoms with Crippen molar-refractivity contribution in [2.24, 2.45) is 5.73 Å². The summed E-state index contributed by atoms with van der Waals surface area (Å²) in [6, 6.07) is 6.78. The van der Waals surface area contributed by atoms with Crippen LogP contribution in [0.4, 0.5) is 0 Å². The second-order valence-corrected chi connectivity index (χ2v) is 3.57. The molecule has 0 radical (unpaired) electrons. The topological polar surface area (TPSA) is 69.4 Å². The molecule has 16 heavy (non-hydrogen) atoms. The average Bonchev–Trinajstić information content (AvgIpc) is 2.75. The van der Waals surface area contributed by atoms with Gasteiger partial charge in [-0.1, -0.05) is 0 Å². The van der Waals surface area contributed by atoms with Gasteiger partial charge < -0.3 is 14.6 Å². The van der Waals surface area contributed by atoms with E-state index in [9.17, 15) is 4.79 Å². The van der Waals surface area contributed by atoms with Gasteiger partial charge in [-0.25, -0.2) is 4.79 Å². The average molecular weight is 215 g/mol. The molecule has 0 aliphatic heterocycles. The molecular formula is C12H9NO3. The fourth-order valence-corrected chi connectivity index (χ4v) is 1.89. The van der Waals surface area contributed by atoms with Crippen LogP contribution in [0.3, 0.4) is 0 Å². The monoisotopic (exact) mass is 215 g/mol. The Hall–Kier alpha value is -2.07. The van der Waals surface area contributed by atoms with Crippen molar-refractivity contribution in [2.45, 2.75) is 6.54 Å². The SMILES string of the molecule is NCc1cc2occc2c2oc(=O)ccc12. The molecule has 0 aliphatic rings. The summed E-state index contributed by atoms with van der Waals surface area (Å²) < 4.78 is 10.5. The van der Waals surface area contributed by atoms with E-state index >= 15 is 0 Å². The van der Waals surface area contributed by atoms with Gasteiger partial charge in [0, 0.05) is 18.0 Å². The van der Waals surface area contributed by atoms with Gasteiger partial charge in [-0.3, -0.25) is 0 Å². The van der Waals surface area contributed by atoms with Crippen LogP contribution in [-0.2, 0) is 6.54 Å². The van der Waals surface area contributed by atoms with Crippen LogP contribution >= 0.6 is 0 Å². The molecule has 0 aliphatic carbocycles. The summed E-state index contributed by atoms with van der Waals surface area (Å²) in [6.45, 7) is 0.376. The fourth-order valence-electron chi connectivity index (χ4n) is 1.89. The van der Waals surface area contributed by atoms with Crippen LogP contribution in [0.5, 0.6) is 0 Å². The molecule has 4 nitrogen and oxygen atoms in total. The van der Waals surface area contributed by atoms with Gasteiger partial charge in [-0.2, -0.15) is 0 Å². The summed E-state index contributed by atoms with van der Waals surface area (Å²) in [7, 11) is 0. The molecule has 0 spiro atoms. The zero-order chi connectivity index (χ0) is 11.1. The van der Waals surface area contributed by atoms with Crippen LogP contribution in [0.25, 0.3) is 21.9 Å². The molecule has 0 bridgehead atoms. The number of hydrogen-bond acceptors (Lipinski definition) is 4. The Morgan fingerprint density at radius 1 is 1.19 bits per heavy atom. The van der Waals surface area contributed by atoms with Crippen molar-refractivity contribution >= 4 is 21.9 Å². The lowest BCUT2D eigenvalue weighted by Gasteiger charge is -2.03. The van der Waals surface area contributed by atoms with Crippen LogP contribution in [0, 0.1) is 0 Å². The van der Waals surface area contributed by atoms with E-state index in [1.54, 1.807) is 18.4 Å². The molecule has 2 N–H and O–H groups in total. The van der Waals surface area contributed by atoms with Crippen LogP contribution in [0.2, 0.25) is 0 Å². The zero-order valence-corrected chi connectivity index (χ0v) is 8.40. The first kappa shape index (κ1) is 9.18. The van der Waals surface area contributed by atoms with Crippen LogP contribution in [-0.4, -0.2) is 0 Å². The maximum absolute atomic E-state index is 11.2. The van der Waals surface area contributed by atoms with Gasteiger partial charge in [0.15, 0.2) is 0 Å². The number of rotatable bonds is 1. The van der Waals surface area contributed by atoms with Gasteiger partial charge in [0.25, 0.3) is 0 Å². The van der Waals surface area contributed by atoms with E-state index in [-0.39, 0.29) is 5.63 Å². The minimum Gasteiger partial charge on any atom is -0.464 e. The molecular weight excluding hydrogens is 206 g/mol. The van der Waals surface area contributed by atoms with Crippen molar-refractivity contribution in [3.05, 3.63) is 46.5 Å². The Morgan fingerprint density at radius 2 is 2.06 bits per heavy atom. The first-order valence-corrected chi connectivity index (χ1v) is 4.92. The first-order valence-electron chi connectivity index (χ1n) is 4.92. The fraction of sp³-hybridized carbons (Fsp3) is 0.0833. The molecule has 2 aromatic heterocycles. The van der Waals surface area contributed by atoms with E-state index < -0.39 is 0 Å². The predicted octanol–water partition coefficient (Wildman–Crippen LogP) is 2.00. The second kappa shape index (κ2) is 3.21. The molecule has 3 aromatic rings. The number of benzene rings is 1. The molecule has 0 fully saturated rings. The highest BCUT2D eigenvalue weighted by Gasteiger charge is 2.10. The molecule has 2 heterocycles. The van der Waals surface area contributed by atoms with Crippen molar-refractivity contribution in [2.75, 3.05) is 0 Å². The van der Waals surface area contributed by atoms with Crippen LogP contribution < -0.4 is 11.4 Å². The Morgan fingerprint density at radius 3 is 2.88 bits per heavy atom. The van der Waals surface area contributed by atoms with Gasteiger partial charge in [0.2, 0.25) is 0 Å². The zero-order valence-electron chi connectivity index (χ0n) is 8.40. The van der Waals surface area contributed by atoms with Crippen molar-refractivity contribution in [1.29, 1.82) is 0 Å². The predicted molar refractivity (Wildman–Crippen MR) is 60.1 cm³/mol. The van der Waals surface area contributed by atoms with Gasteiger partial charge in [0.05, 0.1) is 11.6 Å². The molecule has 0 saturated carbocycles. The third kappa shape index (κ3) is 1.17. The number of fused-ring (bicyclic) bond motifs is 3. The lowest BCUT2D eigenvalue weighted by molar-refractivity contribution is 0.563. The standard InChI is InChI=1S/C12H9NO3/c13-6-7-5-10-9(3-4-15-10)12-8(7)1-2-11(14)16-12/h1-5H,6,13H2. The van der Waals surface area contributed by atoms with Crippen molar-refractivity contribution in [1.82, 2.24) is 0 Å². The molecule has 1 aromatic carbocycles. The molecule has 4 heteroatoms. The molecule has 80 valence electrons. The van der Waals surface area contributed by atoms with Gasteiger partial charge in [-0.15, -0.1) is 0 Å². The van der Waals surface area contributed by atoms with Crippen molar-refractivity contribution in [3.63, 3.8) is 0 Å². The van der Waals surface area contributed by atoms with E-state index in [2.05, 4.69) is 0 Å². The lowest BCUT2D eigenvalue weighted by atomic mass is 10.1. The molecule has 0 unspecified atom stereocenters. The van der Waals surface area contributed by atoms with Crippen molar-refractivity contribution < 1.29 is 8.83 Å². The summed E-state index contributed by atoms with van der Waals surface area (Å²) in [6.07, 6.45) is 1.57. The van der Waals surface area contributed by atoms with E-state index in [0.29, 0.717) is 17.7 Å². The van der Waals surface area contributed by atoms with Crippen LogP contribution in [0.15, 0.2) is 44.2 Å². The normalized spacial score (nSPS) is 11.3. The highest BCUT2D eigenvalue weighted by atomic mass is 16.4. The molecule has 0 amide bonds. The summed E-state index contributed by atoms with van der Waals surface area (Å²) >= 11 is 0. The quantitative estimate of drug-likeness (QED) is 0.630. The van der Waals surface area contributed by atoms with E-state index in [1.807, 2.05) is 6.07 Å². The smallest absolute Gasteiger partial charge is 0.336 e. The number of nitrogens with two attached hydrogens (primary N) is 1. The Balaban J connectivity index is 2.61. The van der Waals surface area contributed by atoms with E-state index in [4.69, 9.17) is 14.6 Å². The lowest BCUT2D eigenvalue weighted by Crippen LogP contribution is -2.00. The van der Waals surface area contributed by atoms with Crippen molar-refractivity contribution in [3.8, 4) is 0 Å². The van der Waals surface area contributed by atoms with Gasteiger partial charge >= 0.3 is 5.63 Å². The first-order chi connectivity index (χ1) is 7.79. The summed E-state index contributed by atoms with van der Waals surface area (Å²) in [5.41, 5.74) is 7.41. The van der Waals surface area contributed by atoms with Gasteiger partial charge in [-0.05, 0) is 23.8 Å². The van der Waals surface area contributed by atoms with Crippen LogP contribution in [0.1, 0.15) is 5.56 Å². The molecule has 0 saturated heterocycles. The summed E-state index contributed by atoms with van der Waals surface area (Å²) in [5, 5.41) is 1.65.